The van der Waals surface area contributed by atoms with Gasteiger partial charge in [-0.3, -0.25) is 9.88 Å². The fourth-order valence-electron chi connectivity index (χ4n) is 3.59. The van der Waals surface area contributed by atoms with E-state index in [4.69, 9.17) is 4.74 Å². The van der Waals surface area contributed by atoms with E-state index < -0.39 is 11.9 Å². The van der Waals surface area contributed by atoms with E-state index in [-0.39, 0.29) is 6.04 Å². The molecule has 2 aliphatic heterocycles. The molecular formula is C19H23F3N6O. The Morgan fingerprint density at radius 2 is 1.93 bits per heavy atom. The minimum Gasteiger partial charge on any atom is -0.378 e. The van der Waals surface area contributed by atoms with Gasteiger partial charge < -0.3 is 15.0 Å². The highest BCUT2D eigenvalue weighted by Crippen LogP contribution is 2.27. The molecule has 1 unspecified atom stereocenters. The van der Waals surface area contributed by atoms with Crippen LogP contribution >= 0.6 is 0 Å². The van der Waals surface area contributed by atoms with Crippen molar-refractivity contribution in [3.05, 3.63) is 41.9 Å². The van der Waals surface area contributed by atoms with E-state index in [2.05, 4.69) is 30.1 Å². The summed E-state index contributed by atoms with van der Waals surface area (Å²) in [5.41, 5.74) is -0.0858. The second kappa shape index (κ2) is 8.50. The lowest BCUT2D eigenvalue weighted by atomic mass is 10.2. The molecular weight excluding hydrogens is 385 g/mol. The monoisotopic (exact) mass is 408 g/mol. The molecule has 1 N–H and O–H groups in total. The van der Waals surface area contributed by atoms with Crippen LogP contribution in [0.4, 0.5) is 24.9 Å². The Morgan fingerprint density at radius 3 is 2.66 bits per heavy atom. The number of pyridine rings is 1. The quantitative estimate of drug-likeness (QED) is 0.815. The molecule has 29 heavy (non-hydrogen) atoms. The highest BCUT2D eigenvalue weighted by Gasteiger charge is 2.32. The predicted octanol–water partition coefficient (Wildman–Crippen LogP) is 2.41. The molecule has 4 rings (SSSR count). The van der Waals surface area contributed by atoms with Gasteiger partial charge in [0, 0.05) is 51.2 Å². The number of rotatable bonds is 5. The third-order valence-electron chi connectivity index (χ3n) is 5.08. The highest BCUT2D eigenvalue weighted by molar-refractivity contribution is 5.42. The van der Waals surface area contributed by atoms with Crippen LogP contribution in [0.2, 0.25) is 0 Å². The molecule has 0 aromatic carbocycles. The number of hydrogen-bond donors (Lipinski definition) is 1. The van der Waals surface area contributed by atoms with E-state index in [0.29, 0.717) is 25.7 Å². The molecule has 2 aliphatic rings. The molecule has 2 aromatic rings. The topological polar surface area (TPSA) is 66.4 Å². The summed E-state index contributed by atoms with van der Waals surface area (Å²) in [6, 6.07) is 4.61. The van der Waals surface area contributed by atoms with Crippen molar-refractivity contribution in [2.75, 3.05) is 49.6 Å². The maximum Gasteiger partial charge on any atom is 0.433 e. The van der Waals surface area contributed by atoms with Gasteiger partial charge in [-0.25, -0.2) is 4.98 Å². The number of anilines is 2. The molecule has 4 heterocycles. The first-order valence-corrected chi connectivity index (χ1v) is 9.64. The van der Waals surface area contributed by atoms with E-state index in [1.165, 1.54) is 12.3 Å². The molecule has 0 bridgehead atoms. The Bertz CT molecular complexity index is 810. The molecule has 2 saturated heterocycles. The number of alkyl halides is 3. The molecule has 0 amide bonds. The molecule has 0 spiro atoms. The second-order valence-electron chi connectivity index (χ2n) is 7.26. The first kappa shape index (κ1) is 19.8. The molecule has 7 nitrogen and oxygen atoms in total. The Kier molecular flexibility index (Phi) is 5.81. The smallest absolute Gasteiger partial charge is 0.378 e. The first-order valence-electron chi connectivity index (χ1n) is 9.64. The van der Waals surface area contributed by atoms with Crippen LogP contribution in [-0.4, -0.2) is 65.3 Å². The average molecular weight is 408 g/mol. The molecule has 2 aromatic heterocycles. The van der Waals surface area contributed by atoms with Crippen LogP contribution in [0.15, 0.2) is 30.6 Å². The van der Waals surface area contributed by atoms with Gasteiger partial charge in [0.05, 0.1) is 13.2 Å². The standard InChI is InChI=1S/C19H23F3N6O/c20-19(21,22)16-2-1-14(11-24-16)12-27-6-4-15(13-27)25-17-3-5-23-18(26-17)28-7-9-29-10-8-28/h1-3,5,11,15H,4,6-10,12-13H2,(H,23,25,26). The highest BCUT2D eigenvalue weighted by atomic mass is 19.4. The second-order valence-corrected chi connectivity index (χ2v) is 7.26. The number of hydrogen-bond acceptors (Lipinski definition) is 7. The zero-order valence-electron chi connectivity index (χ0n) is 15.9. The Hall–Kier alpha value is -2.46. The predicted molar refractivity (Wildman–Crippen MR) is 102 cm³/mol. The van der Waals surface area contributed by atoms with Crippen LogP contribution in [0.1, 0.15) is 17.7 Å². The summed E-state index contributed by atoms with van der Waals surface area (Å²) < 4.78 is 43.3. The van der Waals surface area contributed by atoms with Crippen molar-refractivity contribution >= 4 is 11.8 Å². The Balaban J connectivity index is 1.31. The van der Waals surface area contributed by atoms with Crippen LogP contribution in [0.25, 0.3) is 0 Å². The molecule has 1 atom stereocenters. The van der Waals surface area contributed by atoms with Crippen LogP contribution in [0, 0.1) is 0 Å². The maximum absolute atomic E-state index is 12.6. The summed E-state index contributed by atoms with van der Waals surface area (Å²) >= 11 is 0. The summed E-state index contributed by atoms with van der Waals surface area (Å²) in [5.74, 6) is 1.48. The number of likely N-dealkylation sites (tertiary alicyclic amines) is 1. The van der Waals surface area contributed by atoms with Crippen molar-refractivity contribution in [1.29, 1.82) is 0 Å². The van der Waals surface area contributed by atoms with E-state index in [9.17, 15) is 13.2 Å². The summed E-state index contributed by atoms with van der Waals surface area (Å²) in [7, 11) is 0. The van der Waals surface area contributed by atoms with Gasteiger partial charge in [0.2, 0.25) is 5.95 Å². The van der Waals surface area contributed by atoms with Crippen molar-refractivity contribution in [1.82, 2.24) is 19.9 Å². The van der Waals surface area contributed by atoms with E-state index in [0.717, 1.165) is 50.0 Å². The SMILES string of the molecule is FC(F)(F)c1ccc(CN2CCC(Nc3ccnc(N4CCOCC4)n3)C2)cn1. The van der Waals surface area contributed by atoms with Gasteiger partial charge in [0.1, 0.15) is 11.5 Å². The van der Waals surface area contributed by atoms with E-state index in [1.54, 1.807) is 6.20 Å². The number of morpholine rings is 1. The summed E-state index contributed by atoms with van der Waals surface area (Å²) in [5, 5.41) is 3.45. The van der Waals surface area contributed by atoms with Crippen molar-refractivity contribution in [2.45, 2.75) is 25.2 Å². The third kappa shape index (κ3) is 5.13. The summed E-state index contributed by atoms with van der Waals surface area (Å²) in [4.78, 5) is 16.8. The van der Waals surface area contributed by atoms with Crippen LogP contribution in [0.5, 0.6) is 0 Å². The number of nitrogens with one attached hydrogen (secondary N) is 1. The van der Waals surface area contributed by atoms with Crippen LogP contribution < -0.4 is 10.2 Å². The summed E-state index contributed by atoms with van der Waals surface area (Å²) in [6.07, 6.45) is -0.410. The van der Waals surface area contributed by atoms with Crippen LogP contribution in [-0.2, 0) is 17.5 Å². The van der Waals surface area contributed by atoms with Gasteiger partial charge in [0.15, 0.2) is 0 Å². The van der Waals surface area contributed by atoms with Gasteiger partial charge in [-0.05, 0) is 24.1 Å². The van der Waals surface area contributed by atoms with E-state index in [1.807, 2.05) is 6.07 Å². The number of ether oxygens (including phenoxy) is 1. The third-order valence-corrected chi connectivity index (χ3v) is 5.08. The van der Waals surface area contributed by atoms with Gasteiger partial charge >= 0.3 is 6.18 Å². The largest absolute Gasteiger partial charge is 0.433 e. The Labute approximate surface area is 166 Å². The van der Waals surface area contributed by atoms with Crippen molar-refractivity contribution in [3.63, 3.8) is 0 Å². The maximum atomic E-state index is 12.6. The molecule has 0 saturated carbocycles. The van der Waals surface area contributed by atoms with Crippen molar-refractivity contribution < 1.29 is 17.9 Å². The molecule has 156 valence electrons. The lowest BCUT2D eigenvalue weighted by Crippen LogP contribution is -2.37. The van der Waals surface area contributed by atoms with Crippen molar-refractivity contribution in [3.8, 4) is 0 Å². The zero-order chi connectivity index (χ0) is 20.3. The molecule has 10 heteroatoms. The number of halogens is 3. The average Bonchev–Trinajstić information content (AvgIpc) is 3.15. The fraction of sp³-hybridized carbons (Fsp3) is 0.526. The van der Waals surface area contributed by atoms with E-state index >= 15 is 0 Å². The molecule has 0 aliphatic carbocycles. The number of nitrogens with zero attached hydrogens (tertiary/aromatic N) is 5. The first-order chi connectivity index (χ1) is 14.0. The lowest BCUT2D eigenvalue weighted by molar-refractivity contribution is -0.141. The lowest BCUT2D eigenvalue weighted by Gasteiger charge is -2.27. The summed E-state index contributed by atoms with van der Waals surface area (Å²) in [6.45, 7) is 5.14. The molecule has 2 fully saturated rings. The molecule has 0 radical (unpaired) electrons. The van der Waals surface area contributed by atoms with Crippen molar-refractivity contribution in [2.24, 2.45) is 0 Å². The zero-order valence-corrected chi connectivity index (χ0v) is 15.9. The van der Waals surface area contributed by atoms with Gasteiger partial charge in [-0.15, -0.1) is 0 Å². The minimum absolute atomic E-state index is 0.227. The minimum atomic E-state index is -4.40. The number of aromatic nitrogens is 3. The van der Waals surface area contributed by atoms with Gasteiger partial charge in [-0.2, -0.15) is 18.2 Å². The Morgan fingerprint density at radius 1 is 1.10 bits per heavy atom. The van der Waals surface area contributed by atoms with Crippen LogP contribution in [0.3, 0.4) is 0 Å². The van der Waals surface area contributed by atoms with Gasteiger partial charge in [0.25, 0.3) is 0 Å². The van der Waals surface area contributed by atoms with Gasteiger partial charge in [-0.1, -0.05) is 6.07 Å². The normalized spacial score (nSPS) is 20.8. The fourth-order valence-corrected chi connectivity index (χ4v) is 3.59.